The molecular weight excluding hydrogens is 298 g/mol. The molecule has 4 nitrogen and oxygen atoms in total. The van der Waals surface area contributed by atoms with Crippen molar-refractivity contribution in [2.45, 2.75) is 27.7 Å². The van der Waals surface area contributed by atoms with Gasteiger partial charge in [0.2, 0.25) is 0 Å². The Hall–Kier alpha value is -2.36. The molecule has 0 unspecified atom stereocenters. The lowest BCUT2D eigenvalue weighted by molar-refractivity contribution is 0.656. The summed E-state index contributed by atoms with van der Waals surface area (Å²) in [6.07, 6.45) is 0. The van der Waals surface area contributed by atoms with Crippen molar-refractivity contribution in [3.63, 3.8) is 0 Å². The van der Waals surface area contributed by atoms with Crippen LogP contribution >= 0.6 is 0 Å². The van der Waals surface area contributed by atoms with E-state index in [4.69, 9.17) is 9.40 Å². The molecule has 1 aromatic heterocycles. The van der Waals surface area contributed by atoms with Crippen LogP contribution in [0.4, 0.5) is 11.4 Å². The Balaban J connectivity index is 2.11. The van der Waals surface area contributed by atoms with Crippen molar-refractivity contribution in [3.8, 4) is 0 Å². The van der Waals surface area contributed by atoms with Crippen molar-refractivity contribution in [3.05, 3.63) is 36.4 Å². The number of benzene rings is 2. The quantitative estimate of drug-likeness (QED) is 0.474. The molecule has 0 radical (unpaired) electrons. The fourth-order valence-corrected chi connectivity index (χ4v) is 3.17. The fourth-order valence-electron chi connectivity index (χ4n) is 3.17. The molecule has 0 saturated carbocycles. The van der Waals surface area contributed by atoms with Gasteiger partial charge < -0.3 is 9.80 Å². The first-order valence-electron chi connectivity index (χ1n) is 8.87. The Morgan fingerprint density at radius 2 is 1.12 bits per heavy atom. The Morgan fingerprint density at radius 1 is 0.708 bits per heavy atom. The summed E-state index contributed by atoms with van der Waals surface area (Å²) >= 11 is 0. The van der Waals surface area contributed by atoms with Gasteiger partial charge in [-0.2, -0.15) is 0 Å². The van der Waals surface area contributed by atoms with Gasteiger partial charge >= 0.3 is 11.2 Å². The smallest absolute Gasteiger partial charge is 0.372 e. The van der Waals surface area contributed by atoms with Crippen molar-refractivity contribution in [1.29, 1.82) is 0 Å². The zero-order chi connectivity index (χ0) is 17.1. The van der Waals surface area contributed by atoms with E-state index in [0.717, 1.165) is 48.4 Å². The van der Waals surface area contributed by atoms with Gasteiger partial charge in [-0.25, -0.2) is 9.40 Å². The highest BCUT2D eigenvalue weighted by Crippen LogP contribution is 2.27. The summed E-state index contributed by atoms with van der Waals surface area (Å²) in [5, 5.41) is 0. The lowest BCUT2D eigenvalue weighted by Gasteiger charge is -2.20. The molecule has 1 heterocycles. The van der Waals surface area contributed by atoms with E-state index in [1.165, 1.54) is 11.4 Å². The van der Waals surface area contributed by atoms with Gasteiger partial charge in [0.1, 0.15) is 0 Å². The van der Waals surface area contributed by atoms with E-state index in [1.54, 1.807) is 0 Å². The second kappa shape index (κ2) is 7.04. The van der Waals surface area contributed by atoms with Gasteiger partial charge in [-0.3, -0.25) is 0 Å². The minimum atomic E-state index is 0.837. The monoisotopic (exact) mass is 324 g/mol. The molecule has 0 aliphatic heterocycles. The van der Waals surface area contributed by atoms with Crippen molar-refractivity contribution in [2.75, 3.05) is 36.0 Å². The van der Waals surface area contributed by atoms with Crippen LogP contribution in [0.25, 0.3) is 22.2 Å². The Labute approximate surface area is 143 Å². The van der Waals surface area contributed by atoms with Crippen molar-refractivity contribution in [2.24, 2.45) is 0 Å². The number of hydrogen-bond donors (Lipinski definition) is 0. The fraction of sp³-hybridized carbons (Fsp3) is 0.400. The predicted octanol–water partition coefficient (Wildman–Crippen LogP) is 4.95. The van der Waals surface area contributed by atoms with Crippen LogP contribution in [-0.2, 0) is 0 Å². The van der Waals surface area contributed by atoms with Crippen LogP contribution in [0.15, 0.2) is 40.8 Å². The summed E-state index contributed by atoms with van der Waals surface area (Å²) in [6, 6.07) is 12.5. The van der Waals surface area contributed by atoms with E-state index in [0.29, 0.717) is 0 Å². The van der Waals surface area contributed by atoms with Crippen LogP contribution < -0.4 is 9.80 Å². The average Bonchev–Trinajstić information content (AvgIpc) is 2.62. The van der Waals surface area contributed by atoms with Crippen LogP contribution in [0.2, 0.25) is 0 Å². The van der Waals surface area contributed by atoms with Crippen LogP contribution in [0, 0.1) is 0 Å². The predicted molar refractivity (Wildman–Crippen MR) is 103 cm³/mol. The molecule has 2 aromatic carbocycles. The Kier molecular flexibility index (Phi) is 4.84. The molecule has 24 heavy (non-hydrogen) atoms. The van der Waals surface area contributed by atoms with Gasteiger partial charge in [0, 0.05) is 37.6 Å². The van der Waals surface area contributed by atoms with E-state index in [-0.39, 0.29) is 0 Å². The van der Waals surface area contributed by atoms with E-state index in [2.05, 4.69) is 61.8 Å². The summed E-state index contributed by atoms with van der Waals surface area (Å²) in [6.45, 7) is 12.6. The number of anilines is 2. The number of aromatic nitrogens is 1. The normalized spacial score (nSPS) is 11.2. The maximum absolute atomic E-state index is 6.19. The van der Waals surface area contributed by atoms with Crippen LogP contribution in [0.5, 0.6) is 0 Å². The third kappa shape index (κ3) is 3.01. The van der Waals surface area contributed by atoms with E-state index < -0.39 is 0 Å². The first-order chi connectivity index (χ1) is 11.7. The van der Waals surface area contributed by atoms with Crippen molar-refractivity contribution in [1.82, 2.24) is 4.98 Å². The summed E-state index contributed by atoms with van der Waals surface area (Å²) in [5.74, 6) is 0. The zero-order valence-corrected chi connectivity index (χ0v) is 15.0. The topological polar surface area (TPSA) is 30.7 Å². The maximum Gasteiger partial charge on any atom is 0.381 e. The van der Waals surface area contributed by atoms with Gasteiger partial charge in [-0.05, 0) is 52.0 Å². The Morgan fingerprint density at radius 3 is 1.50 bits per heavy atom. The number of rotatable bonds is 6. The molecule has 4 heteroatoms. The molecule has 126 valence electrons. The molecule has 0 aliphatic rings. The Bertz CT molecular complexity index is 772. The van der Waals surface area contributed by atoms with E-state index >= 15 is 0 Å². The molecule has 3 aromatic rings. The molecule has 0 fully saturated rings. The number of hydrogen-bond acceptors (Lipinski definition) is 3. The second-order valence-electron chi connectivity index (χ2n) is 5.86. The standard InChI is InChI=1S/C20H26N3O/c1-5-22(6-2)15-9-11-17-19(13-15)24-20-14-16(23(7-3)8-4)10-12-18(20)21-17/h9-14H,5-8H2,1-4H3/q+1. The highest BCUT2D eigenvalue weighted by Gasteiger charge is 2.17. The third-order valence-corrected chi connectivity index (χ3v) is 4.60. The molecule has 0 aliphatic carbocycles. The van der Waals surface area contributed by atoms with Crippen LogP contribution in [0.1, 0.15) is 27.7 Å². The average molecular weight is 324 g/mol. The SMILES string of the molecule is CCN(CC)c1ccc2nc3ccc(N(CC)CC)cc3[o+]c2c1. The molecule has 3 rings (SSSR count). The summed E-state index contributed by atoms with van der Waals surface area (Å²) in [4.78, 5) is 9.37. The number of fused-ring (bicyclic) bond motifs is 2. The lowest BCUT2D eigenvalue weighted by Crippen LogP contribution is -2.21. The molecule has 0 atom stereocenters. The van der Waals surface area contributed by atoms with Crippen LogP contribution in [0.3, 0.4) is 0 Å². The molecule has 0 spiro atoms. The minimum Gasteiger partial charge on any atom is -0.372 e. The molecule has 0 amide bonds. The van der Waals surface area contributed by atoms with E-state index in [9.17, 15) is 0 Å². The maximum atomic E-state index is 6.19. The van der Waals surface area contributed by atoms with E-state index in [1.807, 2.05) is 12.1 Å². The van der Waals surface area contributed by atoms with Gasteiger partial charge in [0.25, 0.3) is 0 Å². The highest BCUT2D eigenvalue weighted by molar-refractivity contribution is 5.86. The van der Waals surface area contributed by atoms with Gasteiger partial charge in [0.05, 0.1) is 12.1 Å². The third-order valence-electron chi connectivity index (χ3n) is 4.60. The van der Waals surface area contributed by atoms with Gasteiger partial charge in [-0.15, -0.1) is 0 Å². The van der Waals surface area contributed by atoms with Crippen molar-refractivity contribution < 1.29 is 4.42 Å². The van der Waals surface area contributed by atoms with Crippen molar-refractivity contribution >= 4 is 33.6 Å². The molecule has 0 bridgehead atoms. The lowest BCUT2D eigenvalue weighted by atomic mass is 10.2. The van der Waals surface area contributed by atoms with Gasteiger partial charge in [0.15, 0.2) is 11.0 Å². The largest absolute Gasteiger partial charge is 0.381 e. The van der Waals surface area contributed by atoms with Gasteiger partial charge in [-0.1, -0.05) is 0 Å². The summed E-state index contributed by atoms with van der Waals surface area (Å²) in [7, 11) is 0. The molecule has 0 saturated heterocycles. The summed E-state index contributed by atoms with van der Waals surface area (Å²) < 4.78 is 6.19. The summed E-state index contributed by atoms with van der Waals surface area (Å²) in [5.41, 5.74) is 5.82. The minimum absolute atomic E-state index is 0.837. The molecule has 0 N–H and O–H groups in total. The first kappa shape index (κ1) is 16.5. The first-order valence-corrected chi connectivity index (χ1v) is 8.87. The second-order valence-corrected chi connectivity index (χ2v) is 5.86. The zero-order valence-electron chi connectivity index (χ0n) is 15.0. The highest BCUT2D eigenvalue weighted by atomic mass is 16.3. The molecular formula is C20H26N3O+. The number of nitrogens with zero attached hydrogens (tertiary/aromatic N) is 3. The van der Waals surface area contributed by atoms with Crippen LogP contribution in [-0.4, -0.2) is 31.2 Å².